The molecule has 3 heterocycles. The predicted octanol–water partition coefficient (Wildman–Crippen LogP) is 5.34. The molecular weight excluding hydrogens is 1130 g/mol. The van der Waals surface area contributed by atoms with E-state index < -0.39 is 148 Å². The molecule has 3 aliphatic rings. The number of rotatable bonds is 51. The van der Waals surface area contributed by atoms with Crippen molar-refractivity contribution >= 4 is 17.8 Å². The molecule has 0 aromatic heterocycles. The molecule has 0 aromatic rings. The van der Waals surface area contributed by atoms with Crippen molar-refractivity contribution in [3.63, 3.8) is 0 Å². The lowest BCUT2D eigenvalue weighted by Crippen LogP contribution is -2.70. The van der Waals surface area contributed by atoms with Crippen molar-refractivity contribution in [3.05, 3.63) is 0 Å². The van der Waals surface area contributed by atoms with Crippen molar-refractivity contribution in [2.24, 2.45) is 0 Å². The van der Waals surface area contributed by atoms with Crippen molar-refractivity contribution < 1.29 is 104 Å². The van der Waals surface area contributed by atoms with Crippen LogP contribution in [0.5, 0.6) is 0 Å². The van der Waals surface area contributed by atoms with E-state index in [9.17, 15) is 75.7 Å². The molecule has 23 nitrogen and oxygen atoms in total. The second kappa shape index (κ2) is 45.9. The molecule has 3 rings (SSSR count). The number of aliphatic carboxylic acids is 1. The zero-order valence-corrected chi connectivity index (χ0v) is 53.1. The summed E-state index contributed by atoms with van der Waals surface area (Å²) in [7, 11) is 0. The van der Waals surface area contributed by atoms with Crippen LogP contribution >= 0.6 is 0 Å². The number of aliphatic hydroxyl groups excluding tert-OH is 11. The first-order valence-electron chi connectivity index (χ1n) is 33.9. The fourth-order valence-corrected chi connectivity index (χ4v) is 12.1. The molecule has 0 radical (unpaired) electrons. The highest BCUT2D eigenvalue weighted by molar-refractivity contribution is 5.77. The Morgan fingerprint density at radius 1 is 0.552 bits per heavy atom. The average Bonchev–Trinajstić information content (AvgIpc) is 0.810. The maximum Gasteiger partial charge on any atom is 0.364 e. The number of hydrogen-bond acceptors (Lipinski definition) is 20. The smallest absolute Gasteiger partial charge is 0.364 e. The number of amides is 2. The number of carbonyl (C=O) groups is 3. The van der Waals surface area contributed by atoms with Gasteiger partial charge >= 0.3 is 5.97 Å². The van der Waals surface area contributed by atoms with Crippen LogP contribution in [0, 0.1) is 0 Å². The monoisotopic (exact) mass is 1250 g/mol. The fraction of sp³-hybridized carbons (Fsp3) is 0.953. The van der Waals surface area contributed by atoms with Crippen molar-refractivity contribution in [3.8, 4) is 0 Å². The Bertz CT molecular complexity index is 1780. The van der Waals surface area contributed by atoms with Crippen LogP contribution in [-0.2, 0) is 42.8 Å². The van der Waals surface area contributed by atoms with Gasteiger partial charge in [-0.25, -0.2) is 4.79 Å². The van der Waals surface area contributed by atoms with Crippen LogP contribution in [-0.4, -0.2) is 215 Å². The highest BCUT2D eigenvalue weighted by atomic mass is 16.8. The largest absolute Gasteiger partial charge is 0.477 e. The molecule has 87 heavy (non-hydrogen) atoms. The number of hydrogen-bond donors (Lipinski definition) is 14. The minimum atomic E-state index is -3.08. The summed E-state index contributed by atoms with van der Waals surface area (Å²) in [5.74, 6) is -6.09. The van der Waals surface area contributed by atoms with E-state index in [4.69, 9.17) is 28.4 Å². The molecule has 512 valence electrons. The van der Waals surface area contributed by atoms with Gasteiger partial charge in [0.1, 0.15) is 67.1 Å². The lowest BCUT2D eigenvalue weighted by molar-refractivity contribution is -0.386. The Morgan fingerprint density at radius 2 is 1.00 bits per heavy atom. The number of aliphatic hydroxyl groups is 11. The first-order valence-corrected chi connectivity index (χ1v) is 33.9. The number of ether oxygens (including phenoxy) is 6. The Labute approximate surface area is 519 Å². The van der Waals surface area contributed by atoms with Crippen molar-refractivity contribution in [1.82, 2.24) is 10.6 Å². The van der Waals surface area contributed by atoms with E-state index >= 15 is 0 Å². The summed E-state index contributed by atoms with van der Waals surface area (Å²) in [6, 6.07) is -2.52. The van der Waals surface area contributed by atoms with Gasteiger partial charge in [0, 0.05) is 19.8 Å². The van der Waals surface area contributed by atoms with Crippen LogP contribution in [0.1, 0.15) is 252 Å². The third-order valence-electron chi connectivity index (χ3n) is 17.6. The van der Waals surface area contributed by atoms with Crippen LogP contribution in [0.3, 0.4) is 0 Å². The number of carboxylic acids is 1. The normalized spacial score (nSPS) is 29.1. The van der Waals surface area contributed by atoms with Crippen molar-refractivity contribution in [1.29, 1.82) is 0 Å². The fourth-order valence-electron chi connectivity index (χ4n) is 12.1. The Kier molecular flexibility index (Phi) is 41.7. The van der Waals surface area contributed by atoms with Gasteiger partial charge in [-0.2, -0.15) is 0 Å². The second-order valence-corrected chi connectivity index (χ2v) is 25.0. The second-order valence-electron chi connectivity index (χ2n) is 25.0. The molecule has 3 fully saturated rings. The number of carbonyl (C=O) groups excluding carboxylic acids is 2. The summed E-state index contributed by atoms with van der Waals surface area (Å²) in [4.78, 5) is 38.5. The van der Waals surface area contributed by atoms with Crippen LogP contribution < -0.4 is 10.6 Å². The molecule has 0 spiro atoms. The van der Waals surface area contributed by atoms with Crippen LogP contribution in [0.15, 0.2) is 0 Å². The molecule has 18 unspecified atom stereocenters. The van der Waals surface area contributed by atoms with Gasteiger partial charge in [0.2, 0.25) is 11.8 Å². The van der Waals surface area contributed by atoms with Gasteiger partial charge in [-0.05, 0) is 12.8 Å². The van der Waals surface area contributed by atoms with Gasteiger partial charge in [-0.15, -0.1) is 0 Å². The van der Waals surface area contributed by atoms with Gasteiger partial charge in [-0.3, -0.25) is 9.59 Å². The van der Waals surface area contributed by atoms with E-state index in [0.717, 1.165) is 51.9 Å². The number of carboxylic acid groups (broad SMARTS) is 1. The summed E-state index contributed by atoms with van der Waals surface area (Å²) in [5.41, 5.74) is 0. The molecule has 18 atom stereocenters. The van der Waals surface area contributed by atoms with Crippen LogP contribution in [0.4, 0.5) is 0 Å². The number of nitrogens with one attached hydrogen (secondary N) is 2. The molecule has 23 heteroatoms. The third kappa shape index (κ3) is 29.1. The number of unbranched alkanes of at least 4 members (excludes halogenated alkanes) is 31. The van der Waals surface area contributed by atoms with Gasteiger partial charge in [0.05, 0.1) is 50.7 Å². The van der Waals surface area contributed by atoms with Crippen LogP contribution in [0.25, 0.3) is 0 Å². The summed E-state index contributed by atoms with van der Waals surface area (Å²) >= 11 is 0. The minimum Gasteiger partial charge on any atom is -0.477 e. The van der Waals surface area contributed by atoms with E-state index in [0.29, 0.717) is 19.3 Å². The highest BCUT2D eigenvalue weighted by Gasteiger charge is 2.60. The quantitative estimate of drug-likeness (QED) is 0.0342. The summed E-state index contributed by atoms with van der Waals surface area (Å²) in [5, 5.41) is 136. The van der Waals surface area contributed by atoms with E-state index in [1.165, 1.54) is 154 Å². The molecule has 0 aromatic carbocycles. The Balaban J connectivity index is 1.55. The van der Waals surface area contributed by atoms with Crippen LogP contribution in [0.2, 0.25) is 0 Å². The summed E-state index contributed by atoms with van der Waals surface area (Å²) < 4.78 is 34.8. The van der Waals surface area contributed by atoms with Gasteiger partial charge in [0.25, 0.3) is 5.79 Å². The Morgan fingerprint density at radius 3 is 1.44 bits per heavy atom. The summed E-state index contributed by atoms with van der Waals surface area (Å²) in [6.07, 6.45) is 11.4. The van der Waals surface area contributed by atoms with Crippen molar-refractivity contribution in [2.45, 2.75) is 362 Å². The Hall–Kier alpha value is -2.27. The molecule has 2 amide bonds. The minimum absolute atomic E-state index is 0.229. The standard InChI is InChI=1S/C64H120N2O21/c1-4-6-8-10-12-14-16-17-18-19-20-21-22-23-24-25-26-27-28-30-32-34-36-38-51(74)66-45(46(71)37-35-33-31-29-15-13-11-9-7-5-2)43-82-61-56(78)55(77)58(50(42-69)84-61)85-62-57(79)60(54(76)49(41-68)83-62)87-64(63(80)81)39-47(72)52(65-44(3)70)59(86-64)53(75)48(73)40-67/h45-50,52-62,67-69,71-73,75-79H,4-43H2,1-3H3,(H,65,70)(H,66,74)(H,80,81). The van der Waals surface area contributed by atoms with Gasteiger partial charge < -0.3 is 100 Å². The molecular formula is C64H120N2O21. The predicted molar refractivity (Wildman–Crippen MR) is 325 cm³/mol. The highest BCUT2D eigenvalue weighted by Crippen LogP contribution is 2.39. The van der Waals surface area contributed by atoms with Gasteiger partial charge in [0.15, 0.2) is 12.6 Å². The zero-order valence-electron chi connectivity index (χ0n) is 53.1. The molecule has 0 saturated carbocycles. The molecule has 0 bridgehead atoms. The van der Waals surface area contributed by atoms with E-state index in [2.05, 4.69) is 24.5 Å². The lowest BCUT2D eigenvalue weighted by atomic mass is 9.88. The van der Waals surface area contributed by atoms with E-state index in [1.807, 2.05) is 0 Å². The third-order valence-corrected chi connectivity index (χ3v) is 17.6. The molecule has 0 aliphatic carbocycles. The zero-order chi connectivity index (χ0) is 64.0. The van der Waals surface area contributed by atoms with Crippen molar-refractivity contribution in [2.75, 3.05) is 26.4 Å². The molecule has 3 saturated heterocycles. The average molecular weight is 1250 g/mol. The SMILES string of the molecule is CCCCCCCCCCCCCCCCCCCCCCCCCC(=O)NC(COC1OC(CO)C(OC2OC(CO)C(O)C(OC3(C(=O)O)CC(O)C(NC(C)=O)C(C(O)C(O)CO)O3)C2O)C(O)C1O)C(O)CCCCCCCCCCCC. The maximum atomic E-state index is 13.4. The van der Waals surface area contributed by atoms with E-state index in [-0.39, 0.29) is 18.9 Å². The first kappa shape index (κ1) is 79.0. The molecule has 3 aliphatic heterocycles. The van der Waals surface area contributed by atoms with Gasteiger partial charge in [-0.1, -0.05) is 219 Å². The maximum absolute atomic E-state index is 13.4. The summed E-state index contributed by atoms with van der Waals surface area (Å²) in [6.45, 7) is 2.19. The first-order chi connectivity index (χ1) is 41.9. The van der Waals surface area contributed by atoms with E-state index in [1.54, 1.807) is 0 Å². The lowest BCUT2D eigenvalue weighted by Gasteiger charge is -2.50. The topological polar surface area (TPSA) is 373 Å². The molecule has 14 N–H and O–H groups in total.